The molecular formula is C21H24N2O5S. The van der Waals surface area contributed by atoms with Crippen molar-refractivity contribution >= 4 is 34.1 Å². The van der Waals surface area contributed by atoms with Crippen LogP contribution in [0.15, 0.2) is 22.8 Å². The van der Waals surface area contributed by atoms with Gasteiger partial charge in [-0.3, -0.25) is 9.59 Å². The van der Waals surface area contributed by atoms with Crippen LogP contribution in [0, 0.1) is 5.92 Å². The number of ether oxygens (including phenoxy) is 1. The SMILES string of the molecule is C[C@H]1CCCN(C(=O)COC(=O)c2c(NC(=O)c3ccco3)sc3c2CCC3)C1. The van der Waals surface area contributed by atoms with E-state index >= 15 is 0 Å². The van der Waals surface area contributed by atoms with Crippen molar-refractivity contribution in [1.29, 1.82) is 0 Å². The maximum Gasteiger partial charge on any atom is 0.341 e. The number of rotatable bonds is 5. The minimum Gasteiger partial charge on any atom is -0.459 e. The second kappa shape index (κ2) is 8.41. The molecule has 1 aliphatic carbocycles. The lowest BCUT2D eigenvalue weighted by Crippen LogP contribution is -2.41. The number of aryl methyl sites for hydroxylation is 1. The number of furan rings is 1. The lowest BCUT2D eigenvalue weighted by Gasteiger charge is -2.30. The van der Waals surface area contributed by atoms with Gasteiger partial charge in [0.1, 0.15) is 5.00 Å². The first-order chi connectivity index (χ1) is 14.0. The third-order valence-corrected chi connectivity index (χ3v) is 6.64. The Labute approximate surface area is 173 Å². The molecule has 7 nitrogen and oxygen atoms in total. The van der Waals surface area contributed by atoms with Gasteiger partial charge < -0.3 is 19.4 Å². The Hall–Kier alpha value is -2.61. The average Bonchev–Trinajstić information content (AvgIpc) is 3.43. The van der Waals surface area contributed by atoms with E-state index in [1.807, 2.05) is 0 Å². The number of thiophene rings is 1. The predicted octanol–water partition coefficient (Wildman–Crippen LogP) is 3.50. The number of nitrogens with one attached hydrogen (secondary N) is 1. The molecule has 0 saturated carbocycles. The molecular weight excluding hydrogens is 392 g/mol. The van der Waals surface area contributed by atoms with Crippen molar-refractivity contribution in [3.63, 3.8) is 0 Å². The van der Waals surface area contributed by atoms with Gasteiger partial charge in [0.15, 0.2) is 12.4 Å². The number of piperidine rings is 1. The fourth-order valence-corrected chi connectivity index (χ4v) is 5.26. The molecule has 29 heavy (non-hydrogen) atoms. The zero-order valence-electron chi connectivity index (χ0n) is 16.4. The molecule has 154 valence electrons. The molecule has 1 atom stereocenters. The molecule has 1 fully saturated rings. The van der Waals surface area contributed by atoms with Gasteiger partial charge in [-0.1, -0.05) is 6.92 Å². The van der Waals surface area contributed by atoms with E-state index in [2.05, 4.69) is 12.2 Å². The summed E-state index contributed by atoms with van der Waals surface area (Å²) in [5.74, 6) is -0.503. The number of anilines is 1. The normalized spacial score (nSPS) is 18.4. The van der Waals surface area contributed by atoms with E-state index in [-0.39, 0.29) is 18.3 Å². The third-order valence-electron chi connectivity index (χ3n) is 5.43. The Balaban J connectivity index is 1.46. The predicted molar refractivity (Wildman–Crippen MR) is 108 cm³/mol. The summed E-state index contributed by atoms with van der Waals surface area (Å²) in [6.45, 7) is 3.25. The third kappa shape index (κ3) is 4.22. The Morgan fingerprint density at radius 2 is 2.17 bits per heavy atom. The van der Waals surface area contributed by atoms with Crippen LogP contribution in [0.1, 0.15) is 57.5 Å². The maximum absolute atomic E-state index is 12.8. The second-order valence-electron chi connectivity index (χ2n) is 7.66. The number of carbonyl (C=O) groups is 3. The number of amides is 2. The van der Waals surface area contributed by atoms with Gasteiger partial charge in [-0.2, -0.15) is 0 Å². The number of fused-ring (bicyclic) bond motifs is 1. The lowest BCUT2D eigenvalue weighted by atomic mass is 10.0. The van der Waals surface area contributed by atoms with Crippen LogP contribution in [0.2, 0.25) is 0 Å². The molecule has 1 aliphatic heterocycles. The second-order valence-corrected chi connectivity index (χ2v) is 8.76. The van der Waals surface area contributed by atoms with Gasteiger partial charge in [0.25, 0.3) is 11.8 Å². The molecule has 2 aromatic rings. The van der Waals surface area contributed by atoms with Crippen molar-refractivity contribution in [3.8, 4) is 0 Å². The van der Waals surface area contributed by atoms with Crippen LogP contribution in [-0.2, 0) is 22.4 Å². The van der Waals surface area contributed by atoms with Gasteiger partial charge in [-0.05, 0) is 55.7 Å². The van der Waals surface area contributed by atoms with Gasteiger partial charge in [0.2, 0.25) is 0 Å². The van der Waals surface area contributed by atoms with E-state index in [1.165, 1.54) is 17.6 Å². The molecule has 8 heteroatoms. The van der Waals surface area contributed by atoms with Gasteiger partial charge in [0, 0.05) is 18.0 Å². The maximum atomic E-state index is 12.8. The summed E-state index contributed by atoms with van der Waals surface area (Å²) in [6, 6.07) is 3.19. The summed E-state index contributed by atoms with van der Waals surface area (Å²) in [5, 5.41) is 3.23. The van der Waals surface area contributed by atoms with Gasteiger partial charge in [-0.25, -0.2) is 4.79 Å². The summed E-state index contributed by atoms with van der Waals surface area (Å²) < 4.78 is 10.5. The van der Waals surface area contributed by atoms with E-state index < -0.39 is 11.9 Å². The Bertz CT molecular complexity index is 918. The largest absolute Gasteiger partial charge is 0.459 e. The van der Waals surface area contributed by atoms with Crippen molar-refractivity contribution in [2.75, 3.05) is 25.0 Å². The van der Waals surface area contributed by atoms with Crippen LogP contribution in [0.3, 0.4) is 0 Å². The monoisotopic (exact) mass is 416 g/mol. The number of nitrogens with zero attached hydrogens (tertiary/aromatic N) is 1. The summed E-state index contributed by atoms with van der Waals surface area (Å²) in [7, 11) is 0. The molecule has 0 aromatic carbocycles. The van der Waals surface area contributed by atoms with Crippen LogP contribution in [0.5, 0.6) is 0 Å². The molecule has 1 saturated heterocycles. The van der Waals surface area contributed by atoms with Crippen molar-refractivity contribution in [2.45, 2.75) is 39.0 Å². The number of hydrogen-bond acceptors (Lipinski definition) is 6. The van der Waals surface area contributed by atoms with Crippen LogP contribution < -0.4 is 5.32 Å². The molecule has 0 unspecified atom stereocenters. The Morgan fingerprint density at radius 1 is 1.31 bits per heavy atom. The number of hydrogen-bond donors (Lipinski definition) is 1. The first kappa shape index (κ1) is 19.7. The number of likely N-dealkylation sites (tertiary alicyclic amines) is 1. The Morgan fingerprint density at radius 3 is 2.93 bits per heavy atom. The number of carbonyl (C=O) groups excluding carboxylic acids is 3. The summed E-state index contributed by atoms with van der Waals surface area (Å²) >= 11 is 1.40. The highest BCUT2D eigenvalue weighted by Gasteiger charge is 2.30. The average molecular weight is 416 g/mol. The van der Waals surface area contributed by atoms with Crippen molar-refractivity contribution in [3.05, 3.63) is 40.2 Å². The summed E-state index contributed by atoms with van der Waals surface area (Å²) in [4.78, 5) is 40.5. The zero-order valence-corrected chi connectivity index (χ0v) is 17.2. The highest BCUT2D eigenvalue weighted by atomic mass is 32.1. The van der Waals surface area contributed by atoms with Crippen LogP contribution in [0.4, 0.5) is 5.00 Å². The molecule has 3 heterocycles. The Kier molecular flexibility index (Phi) is 5.71. The smallest absolute Gasteiger partial charge is 0.341 e. The minimum absolute atomic E-state index is 0.169. The molecule has 4 rings (SSSR count). The highest BCUT2D eigenvalue weighted by Crippen LogP contribution is 2.39. The van der Waals surface area contributed by atoms with Crippen LogP contribution in [-0.4, -0.2) is 42.4 Å². The van der Waals surface area contributed by atoms with Gasteiger partial charge >= 0.3 is 5.97 Å². The molecule has 0 spiro atoms. The van der Waals surface area contributed by atoms with E-state index in [9.17, 15) is 14.4 Å². The fourth-order valence-electron chi connectivity index (χ4n) is 3.99. The van der Waals surface area contributed by atoms with Crippen LogP contribution >= 0.6 is 11.3 Å². The van der Waals surface area contributed by atoms with Crippen LogP contribution in [0.25, 0.3) is 0 Å². The number of esters is 1. The molecule has 0 radical (unpaired) electrons. The first-order valence-corrected chi connectivity index (χ1v) is 10.8. The van der Waals surface area contributed by atoms with Gasteiger partial charge in [0.05, 0.1) is 11.8 Å². The summed E-state index contributed by atoms with van der Waals surface area (Å²) in [6.07, 6.45) is 6.13. The standard InChI is InChI=1S/C21H24N2O5S/c1-13-5-3-9-23(11-13)17(24)12-28-21(26)18-14-6-2-8-16(14)29-20(18)22-19(25)15-7-4-10-27-15/h4,7,10,13H,2-3,5-6,8-9,11-12H2,1H3,(H,22,25)/t13-/m0/s1. The fraction of sp³-hybridized carbons (Fsp3) is 0.476. The first-order valence-electron chi connectivity index (χ1n) is 9.97. The van der Waals surface area contributed by atoms with Gasteiger partial charge in [-0.15, -0.1) is 11.3 Å². The molecule has 0 bridgehead atoms. The van der Waals surface area contributed by atoms with E-state index in [0.717, 1.165) is 42.5 Å². The molecule has 2 amide bonds. The lowest BCUT2D eigenvalue weighted by molar-refractivity contribution is -0.136. The summed E-state index contributed by atoms with van der Waals surface area (Å²) in [5.41, 5.74) is 1.30. The molecule has 2 aromatic heterocycles. The van der Waals surface area contributed by atoms with E-state index in [0.29, 0.717) is 29.6 Å². The van der Waals surface area contributed by atoms with E-state index in [1.54, 1.807) is 17.0 Å². The molecule has 1 N–H and O–H groups in total. The topological polar surface area (TPSA) is 88.9 Å². The highest BCUT2D eigenvalue weighted by molar-refractivity contribution is 7.17. The van der Waals surface area contributed by atoms with Crippen molar-refractivity contribution < 1.29 is 23.5 Å². The minimum atomic E-state index is -0.558. The molecule has 2 aliphatic rings. The zero-order chi connectivity index (χ0) is 20.4. The van der Waals surface area contributed by atoms with Crippen molar-refractivity contribution in [1.82, 2.24) is 4.90 Å². The quantitative estimate of drug-likeness (QED) is 0.754. The van der Waals surface area contributed by atoms with E-state index in [4.69, 9.17) is 9.15 Å². The van der Waals surface area contributed by atoms with Crippen molar-refractivity contribution in [2.24, 2.45) is 5.92 Å².